The van der Waals surface area contributed by atoms with E-state index in [1.165, 1.54) is 31.7 Å². The SMILES string of the molecule is CC1(C)C[C@@H]2CCCNc3nc(ccc3S)S(=O)(=O)NC(=O)c3ccc(-n4ccc(OC(S)(S)C(S)(S)C5C6(CC6)C56CC6)n4)nc3N1C2. The zero-order valence-corrected chi connectivity index (χ0v) is 32.3. The number of aromatic nitrogens is 4. The van der Waals surface area contributed by atoms with E-state index in [-0.39, 0.29) is 27.9 Å². The van der Waals surface area contributed by atoms with Crippen molar-refractivity contribution in [2.45, 2.75) is 82.6 Å². The highest BCUT2D eigenvalue weighted by Gasteiger charge is 2.91. The zero-order chi connectivity index (χ0) is 34.8. The summed E-state index contributed by atoms with van der Waals surface area (Å²) in [6.07, 6.45) is 9.09. The lowest BCUT2D eigenvalue weighted by Crippen LogP contribution is -2.45. The molecule has 3 aromatic rings. The van der Waals surface area contributed by atoms with Crippen LogP contribution < -0.4 is 19.7 Å². The summed E-state index contributed by atoms with van der Waals surface area (Å²) in [7, 11) is -4.32. The lowest BCUT2D eigenvalue weighted by molar-refractivity contribution is 0.0981. The van der Waals surface area contributed by atoms with Crippen molar-refractivity contribution in [3.63, 3.8) is 0 Å². The number of ether oxygens (including phenoxy) is 1. The Morgan fingerprint density at radius 3 is 2.41 bits per heavy atom. The second kappa shape index (κ2) is 11.3. The predicted octanol–water partition coefficient (Wildman–Crippen LogP) is 5.52. The van der Waals surface area contributed by atoms with Crippen LogP contribution in [-0.2, 0) is 10.0 Å². The Kier molecular flexibility index (Phi) is 7.87. The maximum atomic E-state index is 13.8. The fourth-order valence-electron chi connectivity index (χ4n) is 8.69. The third kappa shape index (κ3) is 5.54. The molecule has 4 fully saturated rings. The van der Waals surface area contributed by atoms with Gasteiger partial charge in [0.05, 0.1) is 5.56 Å². The second-order valence-corrected chi connectivity index (χ2v) is 20.3. The number of carbonyl (C=O) groups excluding carboxylic acids is 1. The first-order chi connectivity index (χ1) is 23.0. The number of carbonyl (C=O) groups is 1. The quantitative estimate of drug-likeness (QED) is 0.132. The normalized spacial score (nSPS) is 24.8. The molecule has 0 aromatic carbocycles. The molecule has 5 heterocycles. The molecule has 3 saturated carbocycles. The maximum absolute atomic E-state index is 13.8. The van der Waals surface area contributed by atoms with E-state index in [2.05, 4.69) is 51.5 Å². The lowest BCUT2D eigenvalue weighted by atomic mass is 9.93. The summed E-state index contributed by atoms with van der Waals surface area (Å²) in [5.74, 6) is 1.17. The van der Waals surface area contributed by atoms with Gasteiger partial charge in [-0.25, -0.2) is 19.4 Å². The van der Waals surface area contributed by atoms with Gasteiger partial charge >= 0.3 is 0 Å². The van der Waals surface area contributed by atoms with Crippen molar-refractivity contribution in [1.82, 2.24) is 24.5 Å². The summed E-state index contributed by atoms with van der Waals surface area (Å²) < 4.78 is 34.6. The van der Waals surface area contributed by atoms with Crippen LogP contribution in [0, 0.1) is 22.7 Å². The molecular weight excluding hydrogens is 739 g/mol. The molecular formula is C32H39N7O4S6. The van der Waals surface area contributed by atoms with Gasteiger partial charge in [0.25, 0.3) is 15.9 Å². The van der Waals surface area contributed by atoms with Gasteiger partial charge in [-0.15, -0.1) is 43.0 Å². The highest BCUT2D eigenvalue weighted by molar-refractivity contribution is 8.08. The van der Waals surface area contributed by atoms with Crippen molar-refractivity contribution >= 4 is 90.7 Å². The summed E-state index contributed by atoms with van der Waals surface area (Å²) in [5, 5.41) is 7.56. The van der Waals surface area contributed by atoms with Gasteiger partial charge < -0.3 is 15.0 Å². The smallest absolute Gasteiger partial charge is 0.281 e. The van der Waals surface area contributed by atoms with E-state index in [1.807, 2.05) is 0 Å². The highest BCUT2D eigenvalue weighted by Crippen LogP contribution is 2.95. The molecule has 8 rings (SSSR count). The summed E-state index contributed by atoms with van der Waals surface area (Å²) in [5.41, 5.74) is 0.360. The van der Waals surface area contributed by atoms with Gasteiger partial charge in [-0.2, -0.15) is 33.7 Å². The van der Waals surface area contributed by atoms with Gasteiger partial charge in [-0.05, 0) is 99.8 Å². The third-order valence-corrected chi connectivity index (χ3v) is 15.6. The van der Waals surface area contributed by atoms with Crippen LogP contribution in [0.25, 0.3) is 5.82 Å². The number of nitrogens with zero attached hydrogens (tertiary/aromatic N) is 5. The van der Waals surface area contributed by atoms with Crippen LogP contribution in [0.15, 0.2) is 46.5 Å². The third-order valence-electron chi connectivity index (χ3n) is 11.3. The largest absolute Gasteiger partial charge is 0.447 e. The van der Waals surface area contributed by atoms with Crippen LogP contribution in [0.3, 0.4) is 0 Å². The number of amides is 1. The molecule has 3 aliphatic carbocycles. The van der Waals surface area contributed by atoms with E-state index in [0.717, 1.165) is 19.3 Å². The molecule has 2 spiro atoms. The van der Waals surface area contributed by atoms with Gasteiger partial charge in [0, 0.05) is 41.7 Å². The summed E-state index contributed by atoms with van der Waals surface area (Å²) in [4.78, 5) is 25.6. The number of fused-ring (bicyclic) bond motifs is 7. The van der Waals surface area contributed by atoms with Crippen LogP contribution in [0.4, 0.5) is 11.6 Å². The Balaban J connectivity index is 1.11. The van der Waals surface area contributed by atoms with Crippen LogP contribution >= 0.6 is 63.1 Å². The molecule has 2 aliphatic heterocycles. The van der Waals surface area contributed by atoms with Crippen molar-refractivity contribution in [3.8, 4) is 11.7 Å². The molecule has 2 N–H and O–H groups in total. The minimum Gasteiger partial charge on any atom is -0.447 e. The van der Waals surface area contributed by atoms with Gasteiger partial charge in [0.15, 0.2) is 10.8 Å². The lowest BCUT2D eigenvalue weighted by Gasteiger charge is -2.38. The van der Waals surface area contributed by atoms with E-state index < -0.39 is 24.3 Å². The topological polar surface area (TPSA) is 131 Å². The van der Waals surface area contributed by atoms with Gasteiger partial charge in [0.1, 0.15) is 15.7 Å². The molecule has 0 radical (unpaired) electrons. The Bertz CT molecular complexity index is 1960. The Morgan fingerprint density at radius 2 is 1.71 bits per heavy atom. The first-order valence-corrected chi connectivity index (χ1v) is 20.2. The Hall–Kier alpha value is -1.92. The molecule has 262 valence electrons. The van der Waals surface area contributed by atoms with E-state index in [0.29, 0.717) is 52.2 Å². The molecule has 5 aliphatic rings. The van der Waals surface area contributed by atoms with Crippen LogP contribution in [0.2, 0.25) is 0 Å². The van der Waals surface area contributed by atoms with Crippen LogP contribution in [-0.4, -0.2) is 61.0 Å². The van der Waals surface area contributed by atoms with Crippen molar-refractivity contribution in [1.29, 1.82) is 0 Å². The highest BCUT2D eigenvalue weighted by atomic mass is 32.2. The molecule has 1 atom stereocenters. The van der Waals surface area contributed by atoms with E-state index in [4.69, 9.17) is 60.2 Å². The Labute approximate surface area is 313 Å². The summed E-state index contributed by atoms with van der Waals surface area (Å²) in [6.45, 7) is 5.46. The number of sulfonamides is 1. The first kappa shape index (κ1) is 34.2. The molecule has 1 saturated heterocycles. The molecule has 1 amide bonds. The van der Waals surface area contributed by atoms with Crippen molar-refractivity contribution in [2.24, 2.45) is 22.7 Å². The summed E-state index contributed by atoms with van der Waals surface area (Å²) in [6, 6.07) is 7.77. The van der Waals surface area contributed by atoms with Gasteiger partial charge in [0.2, 0.25) is 10.1 Å². The number of rotatable bonds is 5. The van der Waals surface area contributed by atoms with Crippen molar-refractivity contribution < 1.29 is 17.9 Å². The van der Waals surface area contributed by atoms with Crippen molar-refractivity contribution in [2.75, 3.05) is 23.3 Å². The number of anilines is 2. The fraction of sp³-hybridized carbons (Fsp3) is 0.562. The molecule has 3 aromatic heterocycles. The number of thiol groups is 5. The molecule has 49 heavy (non-hydrogen) atoms. The van der Waals surface area contributed by atoms with Gasteiger partial charge in [-0.3, -0.25) is 4.79 Å². The van der Waals surface area contributed by atoms with E-state index in [9.17, 15) is 13.2 Å². The van der Waals surface area contributed by atoms with E-state index in [1.54, 1.807) is 35.1 Å². The minimum atomic E-state index is -4.32. The van der Waals surface area contributed by atoms with Crippen molar-refractivity contribution in [3.05, 3.63) is 42.1 Å². The van der Waals surface area contributed by atoms with Crippen LogP contribution in [0.5, 0.6) is 5.88 Å². The average Bonchev–Trinajstić information content (AvgIpc) is 3.98. The second-order valence-electron chi connectivity index (χ2n) is 14.8. The molecule has 0 unspecified atom stereocenters. The predicted molar refractivity (Wildman–Crippen MR) is 204 cm³/mol. The van der Waals surface area contributed by atoms with Crippen LogP contribution in [0.1, 0.15) is 69.2 Å². The van der Waals surface area contributed by atoms with E-state index >= 15 is 0 Å². The standard InChI is InChI=1S/C32H39N7O4S6/c1-28(2)16-18-4-3-14-33-24-20(44)6-8-23(35-24)49(41,42)37-26(40)19-5-7-21(34-25(19)38(28)17-18)39-15-9-22(36-39)43-32(47,48)31(45,46)27-29(10-11-29)30(27)12-13-30/h5-9,15,18,27,44-48H,3-4,10-14,16-17H2,1-2H3,(H,33,35)(H,37,40)/t18-/m0/s1. The number of hydrogen-bond donors (Lipinski definition) is 7. The fourth-order valence-corrected chi connectivity index (χ4v) is 11.3. The number of pyridine rings is 2. The number of hydrogen-bond acceptors (Lipinski definition) is 14. The zero-order valence-electron chi connectivity index (χ0n) is 27.0. The molecule has 17 heteroatoms. The number of nitrogens with one attached hydrogen (secondary N) is 2. The first-order valence-electron chi connectivity index (χ1n) is 16.4. The molecule has 11 nitrogen and oxygen atoms in total. The maximum Gasteiger partial charge on any atom is 0.281 e. The average molecular weight is 778 g/mol. The van der Waals surface area contributed by atoms with Gasteiger partial charge in [-0.1, -0.05) is 0 Å². The minimum absolute atomic E-state index is 0.121. The Morgan fingerprint density at radius 1 is 1.00 bits per heavy atom. The summed E-state index contributed by atoms with van der Waals surface area (Å²) >= 11 is 24.0. The monoisotopic (exact) mass is 777 g/mol. The molecule has 4 bridgehead atoms.